The van der Waals surface area contributed by atoms with E-state index in [0.717, 1.165) is 24.8 Å². The van der Waals surface area contributed by atoms with E-state index in [1.807, 2.05) is 50.2 Å². The second kappa shape index (κ2) is 12.5. The highest BCUT2D eigenvalue weighted by Crippen LogP contribution is 2.30. The summed E-state index contributed by atoms with van der Waals surface area (Å²) in [7, 11) is 1.57. The third-order valence-corrected chi connectivity index (χ3v) is 7.39. The number of fused-ring (bicyclic) bond motifs is 1. The number of urea groups is 1. The monoisotopic (exact) mass is 566 g/mol. The molecule has 4 aromatic rings. The summed E-state index contributed by atoms with van der Waals surface area (Å²) in [6, 6.07) is 16.9. The molecule has 1 heterocycles. The first-order chi connectivity index (χ1) is 18.7. The Labute approximate surface area is 238 Å². The number of halogens is 2. The summed E-state index contributed by atoms with van der Waals surface area (Å²) in [6.07, 6.45) is 2.74. The number of ether oxygens (including phenoxy) is 1. The maximum absolute atomic E-state index is 14.0. The molecule has 1 N–H and O–H groups in total. The van der Waals surface area contributed by atoms with Gasteiger partial charge in [0.25, 0.3) is 5.56 Å². The topological polar surface area (TPSA) is 76.5 Å². The quantitative estimate of drug-likeness (QED) is 0.210. The normalized spacial score (nSPS) is 11.8. The van der Waals surface area contributed by atoms with E-state index in [4.69, 9.17) is 32.9 Å². The Kier molecular flexibility index (Phi) is 9.15. The van der Waals surface area contributed by atoms with E-state index >= 15 is 0 Å². The average molecular weight is 568 g/mol. The van der Waals surface area contributed by atoms with Gasteiger partial charge in [-0.05, 0) is 68.3 Å². The van der Waals surface area contributed by atoms with Crippen LogP contribution in [0.15, 0.2) is 65.5 Å². The van der Waals surface area contributed by atoms with Gasteiger partial charge >= 0.3 is 6.03 Å². The second-order valence-electron chi connectivity index (χ2n) is 9.44. The number of aryl methyl sites for hydroxylation is 1. The highest BCUT2D eigenvalue weighted by molar-refractivity contribution is 6.42. The molecule has 0 radical (unpaired) electrons. The van der Waals surface area contributed by atoms with Crippen LogP contribution in [-0.2, 0) is 0 Å². The molecule has 9 heteroatoms. The van der Waals surface area contributed by atoms with Gasteiger partial charge in [-0.2, -0.15) is 0 Å². The van der Waals surface area contributed by atoms with Crippen LogP contribution in [-0.4, -0.2) is 34.1 Å². The molecule has 204 valence electrons. The number of hydrogen-bond donors (Lipinski definition) is 1. The van der Waals surface area contributed by atoms with Crippen molar-refractivity contribution in [3.63, 3.8) is 0 Å². The summed E-state index contributed by atoms with van der Waals surface area (Å²) in [5.74, 6) is 0.967. The van der Waals surface area contributed by atoms with E-state index in [9.17, 15) is 9.59 Å². The molecule has 0 aliphatic carbocycles. The Morgan fingerprint density at radius 3 is 2.56 bits per heavy atom. The predicted molar refractivity (Wildman–Crippen MR) is 159 cm³/mol. The number of benzene rings is 3. The van der Waals surface area contributed by atoms with Gasteiger partial charge in [-0.1, -0.05) is 61.2 Å². The van der Waals surface area contributed by atoms with Gasteiger partial charge < -0.3 is 15.0 Å². The molecule has 7 nitrogen and oxygen atoms in total. The van der Waals surface area contributed by atoms with Gasteiger partial charge in [-0.25, -0.2) is 9.78 Å². The standard InChI is InChI=1S/C30H32Cl2N4O3/c1-5-6-9-16-35(30(38)33-21-13-14-23(31)24(32)18-21)20(3)28-34-25-11-8-7-10-22(25)29(37)36(28)26-17-19(2)12-15-27(26)39-4/h7-8,10-15,17-18,20H,5-6,9,16H2,1-4H3,(H,33,38). The van der Waals surface area contributed by atoms with E-state index in [1.54, 1.807) is 40.8 Å². The van der Waals surface area contributed by atoms with Crippen LogP contribution in [0.4, 0.5) is 10.5 Å². The minimum absolute atomic E-state index is 0.232. The van der Waals surface area contributed by atoms with Crippen molar-refractivity contribution in [2.24, 2.45) is 0 Å². The zero-order valence-corrected chi connectivity index (χ0v) is 24.0. The molecule has 0 aliphatic heterocycles. The van der Waals surface area contributed by atoms with Crippen molar-refractivity contribution in [1.82, 2.24) is 14.5 Å². The molecule has 3 aromatic carbocycles. The molecule has 0 fully saturated rings. The van der Waals surface area contributed by atoms with Gasteiger partial charge in [0.05, 0.1) is 39.8 Å². The first kappa shape index (κ1) is 28.5. The highest BCUT2D eigenvalue weighted by Gasteiger charge is 2.28. The number of carbonyl (C=O) groups is 1. The fourth-order valence-electron chi connectivity index (χ4n) is 4.55. The molecule has 1 atom stereocenters. The van der Waals surface area contributed by atoms with Crippen LogP contribution in [0.3, 0.4) is 0 Å². The molecule has 0 aliphatic rings. The van der Waals surface area contributed by atoms with E-state index in [2.05, 4.69) is 12.2 Å². The van der Waals surface area contributed by atoms with Gasteiger partial charge in [-0.3, -0.25) is 9.36 Å². The molecule has 0 saturated carbocycles. The van der Waals surface area contributed by atoms with Crippen molar-refractivity contribution in [3.8, 4) is 11.4 Å². The van der Waals surface area contributed by atoms with Crippen molar-refractivity contribution in [1.29, 1.82) is 0 Å². The Morgan fingerprint density at radius 1 is 1.08 bits per heavy atom. The molecule has 4 rings (SSSR count). The average Bonchev–Trinajstić information content (AvgIpc) is 2.92. The van der Waals surface area contributed by atoms with Gasteiger partial charge in [-0.15, -0.1) is 0 Å². The fourth-order valence-corrected chi connectivity index (χ4v) is 4.85. The lowest BCUT2D eigenvalue weighted by Crippen LogP contribution is -2.40. The Bertz CT molecular complexity index is 1550. The maximum atomic E-state index is 14.0. The van der Waals surface area contributed by atoms with Crippen LogP contribution in [0.2, 0.25) is 10.0 Å². The lowest BCUT2D eigenvalue weighted by atomic mass is 10.1. The Morgan fingerprint density at radius 2 is 1.85 bits per heavy atom. The number of nitrogens with zero attached hydrogens (tertiary/aromatic N) is 3. The lowest BCUT2D eigenvalue weighted by Gasteiger charge is -2.31. The van der Waals surface area contributed by atoms with Crippen LogP contribution in [0.5, 0.6) is 5.75 Å². The van der Waals surface area contributed by atoms with Crippen LogP contribution >= 0.6 is 23.2 Å². The summed E-state index contributed by atoms with van der Waals surface area (Å²) in [5.41, 5.74) is 2.38. The lowest BCUT2D eigenvalue weighted by molar-refractivity contribution is 0.187. The third kappa shape index (κ3) is 6.21. The van der Waals surface area contributed by atoms with E-state index in [-0.39, 0.29) is 11.6 Å². The van der Waals surface area contributed by atoms with Crippen molar-refractivity contribution in [2.75, 3.05) is 19.0 Å². The molecule has 0 saturated heterocycles. The SMILES string of the molecule is CCCCCN(C(=O)Nc1ccc(Cl)c(Cl)c1)C(C)c1nc2ccccc2c(=O)n1-c1cc(C)ccc1OC. The number of aromatic nitrogens is 2. The summed E-state index contributed by atoms with van der Waals surface area (Å²) in [5, 5.41) is 4.16. The molecular weight excluding hydrogens is 535 g/mol. The number of nitrogens with one attached hydrogen (secondary N) is 1. The number of rotatable bonds is 9. The zero-order valence-electron chi connectivity index (χ0n) is 22.5. The minimum atomic E-state index is -0.563. The van der Waals surface area contributed by atoms with Crippen LogP contribution < -0.4 is 15.6 Å². The summed E-state index contributed by atoms with van der Waals surface area (Å²) < 4.78 is 7.21. The number of anilines is 1. The number of unbranched alkanes of at least 4 members (excludes halogenated alkanes) is 2. The van der Waals surface area contributed by atoms with Crippen molar-refractivity contribution in [2.45, 2.75) is 46.1 Å². The largest absolute Gasteiger partial charge is 0.495 e. The molecule has 2 amide bonds. The highest BCUT2D eigenvalue weighted by atomic mass is 35.5. The van der Waals surface area contributed by atoms with E-state index < -0.39 is 6.04 Å². The molecule has 1 unspecified atom stereocenters. The Hall–Kier alpha value is -3.55. The van der Waals surface area contributed by atoms with Gasteiger partial charge in [0.1, 0.15) is 11.6 Å². The summed E-state index contributed by atoms with van der Waals surface area (Å²) >= 11 is 12.2. The van der Waals surface area contributed by atoms with Crippen molar-refractivity contribution < 1.29 is 9.53 Å². The van der Waals surface area contributed by atoms with Gasteiger partial charge in [0.15, 0.2) is 0 Å². The zero-order chi connectivity index (χ0) is 28.1. The fraction of sp³-hybridized carbons (Fsp3) is 0.300. The van der Waals surface area contributed by atoms with Crippen LogP contribution in [0.1, 0.15) is 50.5 Å². The number of hydrogen-bond acceptors (Lipinski definition) is 4. The van der Waals surface area contributed by atoms with Crippen molar-refractivity contribution >= 4 is 45.8 Å². The molecule has 0 spiro atoms. The van der Waals surface area contributed by atoms with Crippen LogP contribution in [0.25, 0.3) is 16.6 Å². The number of para-hydroxylation sites is 1. The molecular formula is C30H32Cl2N4O3. The second-order valence-corrected chi connectivity index (χ2v) is 10.3. The maximum Gasteiger partial charge on any atom is 0.322 e. The van der Waals surface area contributed by atoms with E-state index in [0.29, 0.717) is 50.4 Å². The summed E-state index contributed by atoms with van der Waals surface area (Å²) in [4.78, 5) is 34.3. The van der Waals surface area contributed by atoms with E-state index in [1.165, 1.54) is 0 Å². The van der Waals surface area contributed by atoms with Gasteiger partial charge in [0, 0.05) is 12.2 Å². The molecule has 39 heavy (non-hydrogen) atoms. The van der Waals surface area contributed by atoms with Crippen molar-refractivity contribution in [3.05, 3.63) is 92.5 Å². The molecule has 1 aromatic heterocycles. The first-order valence-corrected chi connectivity index (χ1v) is 13.7. The van der Waals surface area contributed by atoms with Gasteiger partial charge in [0.2, 0.25) is 0 Å². The number of amides is 2. The summed E-state index contributed by atoms with van der Waals surface area (Å²) in [6.45, 7) is 6.41. The number of carbonyl (C=O) groups excluding carboxylic acids is 1. The number of methoxy groups -OCH3 is 1. The predicted octanol–water partition coefficient (Wildman–Crippen LogP) is 7.79. The molecule has 0 bridgehead atoms. The first-order valence-electron chi connectivity index (χ1n) is 12.9. The smallest absolute Gasteiger partial charge is 0.322 e. The van der Waals surface area contributed by atoms with Crippen LogP contribution in [0, 0.1) is 6.92 Å². The third-order valence-electron chi connectivity index (χ3n) is 6.65. The minimum Gasteiger partial charge on any atom is -0.495 e. The Balaban J connectivity index is 1.86.